The molecule has 0 spiro atoms. The van der Waals surface area contributed by atoms with E-state index in [0.717, 1.165) is 11.4 Å². The third-order valence-corrected chi connectivity index (χ3v) is 5.16. The summed E-state index contributed by atoms with van der Waals surface area (Å²) < 4.78 is 20.4. The number of nitrogens with zero attached hydrogens (tertiary/aromatic N) is 5. The molecule has 3 heterocycles. The van der Waals surface area contributed by atoms with Crippen molar-refractivity contribution in [2.45, 2.75) is 6.92 Å². The molecule has 0 aliphatic carbocycles. The van der Waals surface area contributed by atoms with E-state index in [-0.39, 0.29) is 11.7 Å². The fourth-order valence-corrected chi connectivity index (χ4v) is 3.56. The van der Waals surface area contributed by atoms with Crippen molar-refractivity contribution >= 4 is 11.6 Å². The lowest BCUT2D eigenvalue weighted by Crippen LogP contribution is -2.49. The van der Waals surface area contributed by atoms with Crippen LogP contribution in [-0.2, 0) is 0 Å². The molecule has 150 valence electrons. The van der Waals surface area contributed by atoms with Crippen LogP contribution in [0.1, 0.15) is 16.1 Å². The van der Waals surface area contributed by atoms with Crippen LogP contribution in [0.2, 0.25) is 0 Å². The monoisotopic (exact) mass is 395 g/mol. The quantitative estimate of drug-likeness (QED) is 0.680. The largest absolute Gasteiger partial charge is 0.494 e. The maximum Gasteiger partial charge on any atom is 0.257 e. The summed E-state index contributed by atoms with van der Waals surface area (Å²) in [6.45, 7) is 4.28. The molecule has 0 N–H and O–H groups in total. The van der Waals surface area contributed by atoms with Crippen molar-refractivity contribution in [1.82, 2.24) is 19.7 Å². The summed E-state index contributed by atoms with van der Waals surface area (Å²) in [5.74, 6) is 0.796. The van der Waals surface area contributed by atoms with E-state index in [1.54, 1.807) is 23.1 Å². The summed E-state index contributed by atoms with van der Waals surface area (Å²) in [5.41, 5.74) is 2.17. The smallest absolute Gasteiger partial charge is 0.257 e. The summed E-state index contributed by atoms with van der Waals surface area (Å²) in [6.07, 6.45) is 3.29. The van der Waals surface area contributed by atoms with Crippen molar-refractivity contribution in [2.24, 2.45) is 0 Å². The van der Waals surface area contributed by atoms with Gasteiger partial charge >= 0.3 is 0 Å². The number of aromatic nitrogens is 3. The first-order valence-electron chi connectivity index (χ1n) is 9.42. The lowest BCUT2D eigenvalue weighted by atomic mass is 10.2. The first-order chi connectivity index (χ1) is 14.1. The minimum absolute atomic E-state index is 0.0459. The van der Waals surface area contributed by atoms with E-state index < -0.39 is 0 Å². The molecule has 0 unspecified atom stereocenters. The molecule has 29 heavy (non-hydrogen) atoms. The minimum atomic E-state index is -0.334. The van der Waals surface area contributed by atoms with Gasteiger partial charge in [-0.05, 0) is 31.2 Å². The number of piperazine rings is 1. The van der Waals surface area contributed by atoms with Crippen LogP contribution in [0.3, 0.4) is 0 Å². The Bertz CT molecular complexity index is 1010. The van der Waals surface area contributed by atoms with Crippen LogP contribution in [0.15, 0.2) is 48.8 Å². The number of carbonyl (C=O) groups excluding carboxylic acids is 1. The van der Waals surface area contributed by atoms with Gasteiger partial charge in [-0.15, -0.1) is 0 Å². The number of amides is 1. The van der Waals surface area contributed by atoms with Crippen LogP contribution in [0.5, 0.6) is 5.75 Å². The fraction of sp³-hybridized carbons (Fsp3) is 0.286. The Morgan fingerprint density at radius 2 is 1.93 bits per heavy atom. The van der Waals surface area contributed by atoms with Crippen LogP contribution < -0.4 is 9.64 Å². The van der Waals surface area contributed by atoms with Gasteiger partial charge in [0.25, 0.3) is 5.91 Å². The Labute approximate surface area is 168 Å². The molecule has 1 aliphatic heterocycles. The number of halogens is 1. The topological polar surface area (TPSA) is 63.5 Å². The van der Waals surface area contributed by atoms with Crippen molar-refractivity contribution in [2.75, 3.05) is 38.2 Å². The molecule has 4 rings (SSSR count). The molecule has 1 saturated heterocycles. The molecular weight excluding hydrogens is 373 g/mol. The highest BCUT2D eigenvalue weighted by atomic mass is 19.1. The fourth-order valence-electron chi connectivity index (χ4n) is 3.56. The van der Waals surface area contributed by atoms with E-state index in [9.17, 15) is 9.18 Å². The Morgan fingerprint density at radius 3 is 2.62 bits per heavy atom. The molecule has 0 bridgehead atoms. The van der Waals surface area contributed by atoms with Crippen molar-refractivity contribution in [3.8, 4) is 11.6 Å². The van der Waals surface area contributed by atoms with Crippen molar-refractivity contribution in [3.63, 3.8) is 0 Å². The van der Waals surface area contributed by atoms with Crippen molar-refractivity contribution in [3.05, 3.63) is 65.9 Å². The third-order valence-electron chi connectivity index (χ3n) is 5.16. The number of rotatable bonds is 4. The lowest BCUT2D eigenvalue weighted by Gasteiger charge is -2.36. The molecule has 0 atom stereocenters. The van der Waals surface area contributed by atoms with Crippen LogP contribution in [-0.4, -0.2) is 58.9 Å². The van der Waals surface area contributed by atoms with Gasteiger partial charge in [0.2, 0.25) is 0 Å². The molecule has 7 nitrogen and oxygen atoms in total. The van der Waals surface area contributed by atoms with Gasteiger partial charge in [0.05, 0.1) is 30.3 Å². The Hall–Kier alpha value is -3.42. The molecule has 2 aromatic heterocycles. The highest BCUT2D eigenvalue weighted by Crippen LogP contribution is 2.30. The predicted octanol–water partition coefficient (Wildman–Crippen LogP) is 2.69. The zero-order valence-electron chi connectivity index (χ0n) is 16.4. The third kappa shape index (κ3) is 3.65. The van der Waals surface area contributed by atoms with Crippen LogP contribution >= 0.6 is 0 Å². The van der Waals surface area contributed by atoms with E-state index in [2.05, 4.69) is 15.0 Å². The number of anilines is 1. The average Bonchev–Trinajstić information content (AvgIpc) is 3.15. The van der Waals surface area contributed by atoms with E-state index >= 15 is 0 Å². The molecule has 3 aromatic rings. The van der Waals surface area contributed by atoms with Gasteiger partial charge in [-0.1, -0.05) is 6.07 Å². The number of benzene rings is 1. The maximum absolute atomic E-state index is 13.5. The number of methoxy groups -OCH3 is 1. The summed E-state index contributed by atoms with van der Waals surface area (Å²) in [5, 5.41) is 4.34. The van der Waals surface area contributed by atoms with Crippen LogP contribution in [0, 0.1) is 12.7 Å². The second-order valence-electron chi connectivity index (χ2n) is 6.84. The van der Waals surface area contributed by atoms with Gasteiger partial charge < -0.3 is 14.5 Å². The first-order valence-corrected chi connectivity index (χ1v) is 9.42. The Morgan fingerprint density at radius 1 is 1.14 bits per heavy atom. The molecule has 1 amide bonds. The molecule has 1 aliphatic rings. The number of carbonyl (C=O) groups is 1. The second-order valence-corrected chi connectivity index (χ2v) is 6.84. The maximum atomic E-state index is 13.5. The molecule has 0 saturated carbocycles. The van der Waals surface area contributed by atoms with Crippen LogP contribution in [0.4, 0.5) is 10.1 Å². The highest BCUT2D eigenvalue weighted by molar-refractivity contribution is 5.95. The van der Waals surface area contributed by atoms with Gasteiger partial charge in [0.1, 0.15) is 11.6 Å². The van der Waals surface area contributed by atoms with E-state index in [1.165, 1.54) is 19.2 Å². The van der Waals surface area contributed by atoms with Gasteiger partial charge in [0.15, 0.2) is 5.82 Å². The van der Waals surface area contributed by atoms with E-state index in [4.69, 9.17) is 4.74 Å². The number of hydrogen-bond donors (Lipinski definition) is 0. The van der Waals surface area contributed by atoms with E-state index in [0.29, 0.717) is 43.3 Å². The predicted molar refractivity (Wildman–Crippen MR) is 107 cm³/mol. The number of ether oxygens (including phenoxy) is 1. The van der Waals surface area contributed by atoms with E-state index in [1.807, 2.05) is 30.0 Å². The second kappa shape index (κ2) is 7.90. The van der Waals surface area contributed by atoms with Crippen molar-refractivity contribution < 1.29 is 13.9 Å². The Kier molecular flexibility index (Phi) is 5.16. The number of hydrogen-bond acceptors (Lipinski definition) is 5. The minimum Gasteiger partial charge on any atom is -0.494 e. The lowest BCUT2D eigenvalue weighted by molar-refractivity contribution is 0.0746. The average molecular weight is 395 g/mol. The zero-order chi connectivity index (χ0) is 20.4. The SMILES string of the molecule is COc1cc(F)ccc1N1CCN(C(=O)c2cnn(-c3ccccn3)c2C)CC1. The Balaban J connectivity index is 1.47. The van der Waals surface area contributed by atoms with Gasteiger partial charge in [0, 0.05) is 38.4 Å². The van der Waals surface area contributed by atoms with Gasteiger partial charge in [-0.2, -0.15) is 5.10 Å². The molecule has 8 heteroatoms. The standard InChI is InChI=1S/C21H22FN5O2/c1-15-17(14-24-27(15)20-5-3-4-8-23-20)21(28)26-11-9-25(10-12-26)18-7-6-16(22)13-19(18)29-2/h3-8,13-14H,9-12H2,1-2H3. The first kappa shape index (κ1) is 18.9. The summed E-state index contributed by atoms with van der Waals surface area (Å²) >= 11 is 0. The highest BCUT2D eigenvalue weighted by Gasteiger charge is 2.26. The van der Waals surface area contributed by atoms with Crippen molar-refractivity contribution in [1.29, 1.82) is 0 Å². The zero-order valence-corrected chi connectivity index (χ0v) is 16.4. The molecule has 1 aromatic carbocycles. The molecular formula is C21H22FN5O2. The summed E-state index contributed by atoms with van der Waals surface area (Å²) in [7, 11) is 1.53. The number of pyridine rings is 1. The summed E-state index contributed by atoms with van der Waals surface area (Å²) in [6, 6.07) is 10.1. The summed E-state index contributed by atoms with van der Waals surface area (Å²) in [4.78, 5) is 21.2. The van der Waals surface area contributed by atoms with Crippen LogP contribution in [0.25, 0.3) is 5.82 Å². The molecule has 0 radical (unpaired) electrons. The van der Waals surface area contributed by atoms with Gasteiger partial charge in [-0.3, -0.25) is 4.79 Å². The molecule has 1 fully saturated rings. The van der Waals surface area contributed by atoms with Gasteiger partial charge in [-0.25, -0.2) is 14.1 Å². The normalized spacial score (nSPS) is 14.2.